The molecule has 0 radical (unpaired) electrons. The van der Waals surface area contributed by atoms with Gasteiger partial charge in [0, 0.05) is 5.69 Å². The van der Waals surface area contributed by atoms with Crippen molar-refractivity contribution in [1.82, 2.24) is 0 Å². The summed E-state index contributed by atoms with van der Waals surface area (Å²) in [5, 5.41) is 0. The van der Waals surface area contributed by atoms with Gasteiger partial charge in [0.15, 0.2) is 0 Å². The van der Waals surface area contributed by atoms with Gasteiger partial charge in [0.05, 0.1) is 7.11 Å². The van der Waals surface area contributed by atoms with E-state index in [0.717, 1.165) is 5.56 Å². The molecule has 0 aliphatic rings. The van der Waals surface area contributed by atoms with E-state index in [0.29, 0.717) is 23.6 Å². The van der Waals surface area contributed by atoms with Gasteiger partial charge in [-0.3, -0.25) is 0 Å². The number of benzene rings is 2. The third kappa shape index (κ3) is 3.75. The maximum atomic E-state index is 11.7. The van der Waals surface area contributed by atoms with Gasteiger partial charge in [-0.05, 0) is 37.6 Å². The monoisotopic (exact) mass is 285 g/mol. The highest BCUT2D eigenvalue weighted by Crippen LogP contribution is 2.23. The normalized spacial score (nSPS) is 10.2. The summed E-state index contributed by atoms with van der Waals surface area (Å²) in [6, 6.07) is 11.2. The first kappa shape index (κ1) is 14.9. The Balaban J connectivity index is 2.21. The SMILES string of the molecule is COC(=O)c1cc(N)ccc1OCc1cc(C)cc(C)c1. The van der Waals surface area contributed by atoms with Gasteiger partial charge in [0.1, 0.15) is 17.9 Å². The molecular formula is C17H19NO3. The minimum absolute atomic E-state index is 0.335. The maximum Gasteiger partial charge on any atom is 0.341 e. The Hall–Kier alpha value is -2.49. The Morgan fingerprint density at radius 1 is 1.10 bits per heavy atom. The fourth-order valence-corrected chi connectivity index (χ4v) is 2.26. The highest BCUT2D eigenvalue weighted by atomic mass is 16.5. The number of carbonyl (C=O) groups is 1. The second-order valence-electron chi connectivity index (χ2n) is 5.03. The lowest BCUT2D eigenvalue weighted by Gasteiger charge is -2.12. The first-order chi connectivity index (χ1) is 9.99. The largest absolute Gasteiger partial charge is 0.488 e. The van der Waals surface area contributed by atoms with Crippen molar-refractivity contribution in [3.05, 3.63) is 58.7 Å². The van der Waals surface area contributed by atoms with E-state index < -0.39 is 5.97 Å². The van der Waals surface area contributed by atoms with Crippen molar-refractivity contribution in [2.45, 2.75) is 20.5 Å². The smallest absolute Gasteiger partial charge is 0.341 e. The molecule has 0 unspecified atom stereocenters. The molecule has 0 amide bonds. The topological polar surface area (TPSA) is 61.5 Å². The fourth-order valence-electron chi connectivity index (χ4n) is 2.26. The van der Waals surface area contributed by atoms with Crippen LogP contribution < -0.4 is 10.5 Å². The molecule has 0 aliphatic heterocycles. The molecule has 0 fully saturated rings. The van der Waals surface area contributed by atoms with Crippen molar-refractivity contribution in [2.75, 3.05) is 12.8 Å². The summed E-state index contributed by atoms with van der Waals surface area (Å²) < 4.78 is 10.5. The van der Waals surface area contributed by atoms with Gasteiger partial charge in [0.25, 0.3) is 0 Å². The molecule has 0 aliphatic carbocycles. The number of nitrogen functional groups attached to an aromatic ring is 1. The van der Waals surface area contributed by atoms with Crippen LogP contribution in [0.5, 0.6) is 5.75 Å². The minimum atomic E-state index is -0.460. The maximum absolute atomic E-state index is 11.7. The van der Waals surface area contributed by atoms with Gasteiger partial charge in [-0.2, -0.15) is 0 Å². The van der Waals surface area contributed by atoms with Gasteiger partial charge in [-0.25, -0.2) is 4.79 Å². The van der Waals surface area contributed by atoms with Crippen molar-refractivity contribution in [3.8, 4) is 5.75 Å². The van der Waals surface area contributed by atoms with Gasteiger partial charge < -0.3 is 15.2 Å². The quantitative estimate of drug-likeness (QED) is 0.692. The van der Waals surface area contributed by atoms with Crippen LogP contribution in [0.4, 0.5) is 5.69 Å². The van der Waals surface area contributed by atoms with Gasteiger partial charge in [-0.1, -0.05) is 29.3 Å². The fraction of sp³-hybridized carbons (Fsp3) is 0.235. The zero-order valence-electron chi connectivity index (χ0n) is 12.5. The third-order valence-corrected chi connectivity index (χ3v) is 3.08. The number of esters is 1. The van der Waals surface area contributed by atoms with E-state index in [4.69, 9.17) is 15.2 Å². The molecule has 0 heterocycles. The zero-order valence-corrected chi connectivity index (χ0v) is 12.5. The molecule has 2 N–H and O–H groups in total. The zero-order chi connectivity index (χ0) is 15.4. The molecule has 0 spiro atoms. The van der Waals surface area contributed by atoms with E-state index in [1.165, 1.54) is 18.2 Å². The van der Waals surface area contributed by atoms with Gasteiger partial charge in [-0.15, -0.1) is 0 Å². The average molecular weight is 285 g/mol. The average Bonchev–Trinajstić information content (AvgIpc) is 2.44. The highest BCUT2D eigenvalue weighted by Gasteiger charge is 2.13. The summed E-state index contributed by atoms with van der Waals surface area (Å²) in [5.41, 5.74) is 9.95. The third-order valence-electron chi connectivity index (χ3n) is 3.08. The molecule has 0 aromatic heterocycles. The number of methoxy groups -OCH3 is 1. The molecule has 2 rings (SSSR count). The van der Waals surface area contributed by atoms with Crippen LogP contribution in [0, 0.1) is 13.8 Å². The molecular weight excluding hydrogens is 266 g/mol. The van der Waals surface area contributed by atoms with E-state index in [9.17, 15) is 4.79 Å². The molecule has 2 aromatic carbocycles. The summed E-state index contributed by atoms with van der Waals surface area (Å²) in [5.74, 6) is 0.00734. The Morgan fingerprint density at radius 2 is 1.76 bits per heavy atom. The molecule has 2 aromatic rings. The van der Waals surface area contributed by atoms with Crippen molar-refractivity contribution >= 4 is 11.7 Å². The second-order valence-corrected chi connectivity index (χ2v) is 5.03. The molecule has 0 saturated heterocycles. The van der Waals surface area contributed by atoms with Crippen LogP contribution in [0.3, 0.4) is 0 Å². The van der Waals surface area contributed by atoms with Gasteiger partial charge in [0.2, 0.25) is 0 Å². The number of aryl methyl sites for hydroxylation is 2. The lowest BCUT2D eigenvalue weighted by atomic mass is 10.1. The Labute approximate surface area is 124 Å². The lowest BCUT2D eigenvalue weighted by Crippen LogP contribution is -2.07. The number of carbonyl (C=O) groups excluding carboxylic acids is 1. The van der Waals surface area contributed by atoms with Crippen LogP contribution in [0.25, 0.3) is 0 Å². The highest BCUT2D eigenvalue weighted by molar-refractivity contribution is 5.93. The summed E-state index contributed by atoms with van der Waals surface area (Å²) in [7, 11) is 1.33. The minimum Gasteiger partial charge on any atom is -0.488 e. The van der Waals surface area contributed by atoms with E-state index in [1.54, 1.807) is 18.2 Å². The number of hydrogen-bond acceptors (Lipinski definition) is 4. The number of hydrogen-bond donors (Lipinski definition) is 1. The van der Waals surface area contributed by atoms with Crippen molar-refractivity contribution in [1.29, 1.82) is 0 Å². The number of anilines is 1. The lowest BCUT2D eigenvalue weighted by molar-refractivity contribution is 0.0595. The molecule has 21 heavy (non-hydrogen) atoms. The summed E-state index contributed by atoms with van der Waals surface area (Å²) >= 11 is 0. The molecule has 0 saturated carbocycles. The number of nitrogens with two attached hydrogens (primary N) is 1. The predicted octanol–water partition coefficient (Wildman–Crippen LogP) is 3.25. The van der Waals surface area contributed by atoms with Crippen LogP contribution in [0.2, 0.25) is 0 Å². The second kappa shape index (κ2) is 6.31. The van der Waals surface area contributed by atoms with Crippen molar-refractivity contribution < 1.29 is 14.3 Å². The molecule has 4 heteroatoms. The Kier molecular flexibility index (Phi) is 4.48. The summed E-state index contributed by atoms with van der Waals surface area (Å²) in [6.07, 6.45) is 0. The Morgan fingerprint density at radius 3 is 2.38 bits per heavy atom. The molecule has 0 atom stereocenters. The number of ether oxygens (including phenoxy) is 2. The Bertz CT molecular complexity index is 645. The van der Waals surface area contributed by atoms with Crippen LogP contribution in [0.1, 0.15) is 27.0 Å². The van der Waals surface area contributed by atoms with Crippen molar-refractivity contribution in [3.63, 3.8) is 0 Å². The first-order valence-corrected chi connectivity index (χ1v) is 6.67. The molecule has 110 valence electrons. The van der Waals surface area contributed by atoms with Crippen LogP contribution in [0.15, 0.2) is 36.4 Å². The standard InChI is InChI=1S/C17H19NO3/c1-11-6-12(2)8-13(7-11)10-21-16-5-4-14(18)9-15(16)17(19)20-3/h4-9H,10,18H2,1-3H3. The molecule has 4 nitrogen and oxygen atoms in total. The first-order valence-electron chi connectivity index (χ1n) is 6.67. The summed E-state index contributed by atoms with van der Waals surface area (Å²) in [6.45, 7) is 4.47. The van der Waals surface area contributed by atoms with Crippen molar-refractivity contribution in [2.24, 2.45) is 0 Å². The molecule has 0 bridgehead atoms. The van der Waals surface area contributed by atoms with E-state index >= 15 is 0 Å². The van der Waals surface area contributed by atoms with Crippen LogP contribution in [-0.2, 0) is 11.3 Å². The van der Waals surface area contributed by atoms with E-state index in [2.05, 4.69) is 18.2 Å². The van der Waals surface area contributed by atoms with E-state index in [1.807, 2.05) is 13.8 Å². The van der Waals surface area contributed by atoms with Gasteiger partial charge >= 0.3 is 5.97 Å². The summed E-state index contributed by atoms with van der Waals surface area (Å²) in [4.78, 5) is 11.7. The van der Waals surface area contributed by atoms with E-state index in [-0.39, 0.29) is 0 Å². The van der Waals surface area contributed by atoms with Crippen LogP contribution in [-0.4, -0.2) is 13.1 Å². The predicted molar refractivity (Wildman–Crippen MR) is 82.4 cm³/mol. The van der Waals surface area contributed by atoms with Crippen LogP contribution >= 0.6 is 0 Å². The number of rotatable bonds is 4.